The molecular weight excluding hydrogens is 357 g/mol. The predicted octanol–water partition coefficient (Wildman–Crippen LogP) is 4.24. The first-order valence-electron chi connectivity index (χ1n) is 9.14. The van der Waals surface area contributed by atoms with Gasteiger partial charge in [0.15, 0.2) is 11.5 Å². The number of aliphatic hydroxyl groups excluding tert-OH is 1. The average Bonchev–Trinajstić information content (AvgIpc) is 2.74. The van der Waals surface area contributed by atoms with E-state index >= 15 is 0 Å². The molecule has 2 N–H and O–H groups in total. The zero-order valence-corrected chi connectivity index (χ0v) is 15.8. The third-order valence-electron chi connectivity index (χ3n) is 4.41. The van der Waals surface area contributed by atoms with Crippen LogP contribution in [0, 0.1) is 5.82 Å². The Hall–Kier alpha value is -2.89. The van der Waals surface area contributed by atoms with Crippen molar-refractivity contribution in [2.45, 2.75) is 19.3 Å². The van der Waals surface area contributed by atoms with Crippen molar-refractivity contribution in [3.05, 3.63) is 95.3 Å². The van der Waals surface area contributed by atoms with E-state index in [9.17, 15) is 9.50 Å². The van der Waals surface area contributed by atoms with Crippen LogP contribution >= 0.6 is 0 Å². The predicted molar refractivity (Wildman–Crippen MR) is 107 cm³/mol. The standard InChI is InChI=1S/C23H24FNO3/c1-27-22-9-5-8-19(14-25-15-21(26)18-6-3-2-4-7-18)23(22)28-16-17-10-12-20(24)13-11-17/h2-13,21,25-26H,14-16H2,1H3/t21-/m0/s1. The first-order chi connectivity index (χ1) is 13.7. The highest BCUT2D eigenvalue weighted by molar-refractivity contribution is 5.46. The van der Waals surface area contributed by atoms with Crippen LogP contribution in [0.5, 0.6) is 11.5 Å². The van der Waals surface area contributed by atoms with Crippen molar-refractivity contribution < 1.29 is 19.0 Å². The molecule has 4 nitrogen and oxygen atoms in total. The fourth-order valence-electron chi connectivity index (χ4n) is 2.90. The molecule has 0 bridgehead atoms. The van der Waals surface area contributed by atoms with Crippen molar-refractivity contribution in [1.29, 1.82) is 0 Å². The first-order valence-corrected chi connectivity index (χ1v) is 9.14. The van der Waals surface area contributed by atoms with Crippen LogP contribution in [0.3, 0.4) is 0 Å². The number of benzene rings is 3. The highest BCUT2D eigenvalue weighted by Gasteiger charge is 2.12. The molecule has 3 rings (SSSR count). The van der Waals surface area contributed by atoms with E-state index in [1.807, 2.05) is 48.5 Å². The number of rotatable bonds is 9. The van der Waals surface area contributed by atoms with Crippen molar-refractivity contribution >= 4 is 0 Å². The lowest BCUT2D eigenvalue weighted by atomic mass is 10.1. The summed E-state index contributed by atoms with van der Waals surface area (Å²) in [7, 11) is 1.59. The Morgan fingerprint density at radius 1 is 0.964 bits per heavy atom. The maximum Gasteiger partial charge on any atom is 0.166 e. The van der Waals surface area contributed by atoms with Crippen molar-refractivity contribution in [2.24, 2.45) is 0 Å². The number of halogens is 1. The van der Waals surface area contributed by atoms with E-state index < -0.39 is 6.10 Å². The highest BCUT2D eigenvalue weighted by Crippen LogP contribution is 2.32. The van der Waals surface area contributed by atoms with Crippen molar-refractivity contribution in [2.75, 3.05) is 13.7 Å². The summed E-state index contributed by atoms with van der Waals surface area (Å²) in [5.41, 5.74) is 2.65. The third-order valence-corrected chi connectivity index (χ3v) is 4.41. The van der Waals surface area contributed by atoms with E-state index in [0.29, 0.717) is 31.2 Å². The number of hydrogen-bond acceptors (Lipinski definition) is 4. The van der Waals surface area contributed by atoms with E-state index in [4.69, 9.17) is 9.47 Å². The minimum atomic E-state index is -0.588. The van der Waals surface area contributed by atoms with Gasteiger partial charge in [-0.1, -0.05) is 54.6 Å². The monoisotopic (exact) mass is 381 g/mol. The summed E-state index contributed by atoms with van der Waals surface area (Å²) in [6.07, 6.45) is -0.588. The Bertz CT molecular complexity index is 869. The molecule has 1 atom stereocenters. The summed E-state index contributed by atoms with van der Waals surface area (Å²) >= 11 is 0. The summed E-state index contributed by atoms with van der Waals surface area (Å²) in [5.74, 6) is 0.990. The number of methoxy groups -OCH3 is 1. The van der Waals surface area contributed by atoms with Gasteiger partial charge in [0.1, 0.15) is 12.4 Å². The molecule has 0 heterocycles. The van der Waals surface area contributed by atoms with Crippen molar-refractivity contribution in [3.63, 3.8) is 0 Å². The topological polar surface area (TPSA) is 50.7 Å². The Kier molecular flexibility index (Phi) is 7.00. The number of aliphatic hydroxyl groups is 1. The van der Waals surface area contributed by atoms with Crippen molar-refractivity contribution in [3.8, 4) is 11.5 Å². The molecule has 28 heavy (non-hydrogen) atoms. The van der Waals surface area contributed by atoms with Gasteiger partial charge >= 0.3 is 0 Å². The van der Waals surface area contributed by atoms with Crippen LogP contribution in [0.1, 0.15) is 22.8 Å². The van der Waals surface area contributed by atoms with Crippen LogP contribution in [0.4, 0.5) is 4.39 Å². The Morgan fingerprint density at radius 2 is 1.71 bits per heavy atom. The summed E-state index contributed by atoms with van der Waals surface area (Å²) in [5, 5.41) is 13.6. The molecule has 0 aromatic heterocycles. The van der Waals surface area contributed by atoms with Gasteiger partial charge in [-0.2, -0.15) is 0 Å². The van der Waals surface area contributed by atoms with E-state index in [-0.39, 0.29) is 5.82 Å². The lowest BCUT2D eigenvalue weighted by molar-refractivity contribution is 0.174. The van der Waals surface area contributed by atoms with Gasteiger partial charge in [0.2, 0.25) is 0 Å². The van der Waals surface area contributed by atoms with Gasteiger partial charge in [-0.15, -0.1) is 0 Å². The molecule has 0 aliphatic rings. The second-order valence-corrected chi connectivity index (χ2v) is 6.42. The molecule has 146 valence electrons. The van der Waals surface area contributed by atoms with Crippen molar-refractivity contribution in [1.82, 2.24) is 5.32 Å². The van der Waals surface area contributed by atoms with Crippen LogP contribution in [0.25, 0.3) is 0 Å². The van der Waals surface area contributed by atoms with E-state index in [0.717, 1.165) is 16.7 Å². The first kappa shape index (κ1) is 19.9. The van der Waals surface area contributed by atoms with Crippen LogP contribution < -0.4 is 14.8 Å². The summed E-state index contributed by atoms with van der Waals surface area (Å²) in [6, 6.07) is 21.4. The normalized spacial score (nSPS) is 11.8. The minimum Gasteiger partial charge on any atom is -0.493 e. The third kappa shape index (κ3) is 5.31. The molecule has 0 spiro atoms. The van der Waals surface area contributed by atoms with E-state index in [1.54, 1.807) is 19.2 Å². The molecule has 3 aromatic carbocycles. The molecule has 5 heteroatoms. The quantitative estimate of drug-likeness (QED) is 0.582. The average molecular weight is 381 g/mol. The summed E-state index contributed by atoms with van der Waals surface area (Å²) in [6.45, 7) is 1.23. The lowest BCUT2D eigenvalue weighted by Gasteiger charge is -2.17. The zero-order valence-electron chi connectivity index (χ0n) is 15.8. The fourth-order valence-corrected chi connectivity index (χ4v) is 2.90. The number of nitrogens with one attached hydrogen (secondary N) is 1. The molecule has 0 amide bonds. The van der Waals surface area contributed by atoms with Crippen LogP contribution in [0.15, 0.2) is 72.8 Å². The Labute approximate surface area is 164 Å². The molecule has 0 saturated heterocycles. The van der Waals surface area contributed by atoms with Crippen LogP contribution in [0.2, 0.25) is 0 Å². The Morgan fingerprint density at radius 3 is 2.43 bits per heavy atom. The highest BCUT2D eigenvalue weighted by atomic mass is 19.1. The number of para-hydroxylation sites is 1. The number of hydrogen-bond donors (Lipinski definition) is 2. The second-order valence-electron chi connectivity index (χ2n) is 6.42. The van der Waals surface area contributed by atoms with E-state index in [1.165, 1.54) is 12.1 Å². The van der Waals surface area contributed by atoms with Gasteiger partial charge < -0.3 is 19.9 Å². The lowest BCUT2D eigenvalue weighted by Crippen LogP contribution is -2.21. The van der Waals surface area contributed by atoms with Gasteiger partial charge in [0, 0.05) is 18.7 Å². The second kappa shape index (κ2) is 9.88. The van der Waals surface area contributed by atoms with Crippen LogP contribution in [-0.4, -0.2) is 18.8 Å². The molecule has 0 aliphatic heterocycles. The van der Waals surface area contributed by atoms with E-state index in [2.05, 4.69) is 5.32 Å². The molecule has 0 radical (unpaired) electrons. The van der Waals surface area contributed by atoms with Gasteiger partial charge in [0.05, 0.1) is 13.2 Å². The molecule has 0 aliphatic carbocycles. The summed E-state index contributed by atoms with van der Waals surface area (Å²) < 4.78 is 24.5. The smallest absolute Gasteiger partial charge is 0.166 e. The molecule has 0 fully saturated rings. The maximum absolute atomic E-state index is 13.1. The van der Waals surface area contributed by atoms with Gasteiger partial charge in [-0.05, 0) is 29.3 Å². The molecule has 0 unspecified atom stereocenters. The molecule has 0 saturated carbocycles. The SMILES string of the molecule is COc1cccc(CNC[C@H](O)c2ccccc2)c1OCc1ccc(F)cc1. The van der Waals surface area contributed by atoms with Crippen LogP contribution in [-0.2, 0) is 13.2 Å². The Balaban J connectivity index is 1.64. The fraction of sp³-hybridized carbons (Fsp3) is 0.217. The van der Waals surface area contributed by atoms with Gasteiger partial charge in [0.25, 0.3) is 0 Å². The van der Waals surface area contributed by atoms with Gasteiger partial charge in [-0.25, -0.2) is 4.39 Å². The van der Waals surface area contributed by atoms with Gasteiger partial charge in [-0.3, -0.25) is 0 Å². The minimum absolute atomic E-state index is 0.275. The molecular formula is C23H24FNO3. The zero-order chi connectivity index (χ0) is 19.8. The summed E-state index contributed by atoms with van der Waals surface area (Å²) in [4.78, 5) is 0. The maximum atomic E-state index is 13.1. The molecule has 3 aromatic rings. The largest absolute Gasteiger partial charge is 0.493 e. The number of ether oxygens (including phenoxy) is 2.